The lowest BCUT2D eigenvalue weighted by molar-refractivity contribution is -0.116. The Morgan fingerprint density at radius 3 is 2.65 bits per heavy atom. The number of carbonyl (C=O) groups excluding carboxylic acids is 2. The van der Waals surface area contributed by atoms with Crippen LogP contribution in [-0.4, -0.2) is 37.4 Å². The van der Waals surface area contributed by atoms with Crippen molar-refractivity contribution in [2.24, 2.45) is 7.05 Å². The van der Waals surface area contributed by atoms with Crippen LogP contribution >= 0.6 is 23.4 Å². The number of hydrogen-bond acceptors (Lipinski definition) is 6. The number of aromatic nitrogens is 3. The molecule has 0 bridgehead atoms. The highest BCUT2D eigenvalue weighted by Crippen LogP contribution is 2.23. The summed E-state index contributed by atoms with van der Waals surface area (Å²) in [7, 11) is 1.79. The van der Waals surface area contributed by atoms with Gasteiger partial charge in [0.15, 0.2) is 5.16 Å². The molecule has 2 amide bonds. The number of aromatic hydroxyl groups is 1. The maximum atomic E-state index is 12.2. The molecule has 0 aliphatic heterocycles. The Morgan fingerprint density at radius 1 is 1.13 bits per heavy atom. The topological polar surface area (TPSA) is 109 Å². The first kappa shape index (κ1) is 22.6. The third kappa shape index (κ3) is 6.22. The number of hydrogen-bond donors (Lipinski definition) is 3. The molecular weight excluding hydrogens is 438 g/mol. The number of benzene rings is 2. The monoisotopic (exact) mass is 459 g/mol. The number of para-hydroxylation sites is 2. The molecule has 0 saturated carbocycles. The van der Waals surface area contributed by atoms with E-state index in [1.165, 1.54) is 17.8 Å². The van der Waals surface area contributed by atoms with Gasteiger partial charge in [-0.1, -0.05) is 41.6 Å². The Morgan fingerprint density at radius 2 is 1.90 bits per heavy atom. The van der Waals surface area contributed by atoms with E-state index < -0.39 is 0 Å². The van der Waals surface area contributed by atoms with E-state index in [1.807, 2.05) is 13.0 Å². The number of phenolic OH excluding ortho intramolecular Hbond substituents is 1. The molecule has 3 N–H and O–H groups in total. The van der Waals surface area contributed by atoms with E-state index in [1.54, 1.807) is 41.9 Å². The first-order valence-corrected chi connectivity index (χ1v) is 10.8. The van der Waals surface area contributed by atoms with E-state index in [0.717, 1.165) is 5.56 Å². The average Bonchev–Trinajstić information content (AvgIpc) is 3.09. The largest absolute Gasteiger partial charge is 0.506 e. The minimum absolute atomic E-state index is 0.00739. The molecular formula is C21H22ClN5O3S. The molecule has 0 atom stereocenters. The third-order valence-corrected chi connectivity index (χ3v) is 5.89. The predicted molar refractivity (Wildman–Crippen MR) is 122 cm³/mol. The van der Waals surface area contributed by atoms with E-state index in [-0.39, 0.29) is 29.7 Å². The summed E-state index contributed by atoms with van der Waals surface area (Å²) in [6, 6.07) is 11.9. The van der Waals surface area contributed by atoms with Gasteiger partial charge in [0.05, 0.1) is 11.4 Å². The molecule has 162 valence electrons. The second kappa shape index (κ2) is 10.3. The van der Waals surface area contributed by atoms with Crippen molar-refractivity contribution in [1.82, 2.24) is 14.8 Å². The summed E-state index contributed by atoms with van der Waals surface area (Å²) < 4.78 is 1.76. The summed E-state index contributed by atoms with van der Waals surface area (Å²) in [5.74, 6) is 0.328. The maximum absolute atomic E-state index is 12.2. The van der Waals surface area contributed by atoms with Crippen molar-refractivity contribution in [3.05, 3.63) is 58.9 Å². The molecule has 3 rings (SSSR count). The van der Waals surface area contributed by atoms with Crippen LogP contribution in [0.3, 0.4) is 0 Å². The summed E-state index contributed by atoms with van der Waals surface area (Å²) in [5, 5.41) is 24.6. The Bertz CT molecular complexity index is 1100. The van der Waals surface area contributed by atoms with Gasteiger partial charge in [0.1, 0.15) is 11.6 Å². The van der Waals surface area contributed by atoms with Crippen LogP contribution in [0.1, 0.15) is 17.8 Å². The van der Waals surface area contributed by atoms with E-state index in [2.05, 4.69) is 20.8 Å². The Hall–Kier alpha value is -3.04. The lowest BCUT2D eigenvalue weighted by Gasteiger charge is -2.08. The minimum Gasteiger partial charge on any atom is -0.506 e. The lowest BCUT2D eigenvalue weighted by Crippen LogP contribution is -2.15. The Balaban J connectivity index is 1.49. The van der Waals surface area contributed by atoms with Crippen molar-refractivity contribution in [2.75, 3.05) is 16.4 Å². The third-order valence-electron chi connectivity index (χ3n) is 4.47. The van der Waals surface area contributed by atoms with Crippen LogP contribution in [0.4, 0.5) is 11.4 Å². The number of aryl methyl sites for hydroxylation is 2. The predicted octanol–water partition coefficient (Wildman–Crippen LogP) is 3.78. The van der Waals surface area contributed by atoms with Crippen molar-refractivity contribution >= 4 is 46.6 Å². The molecule has 0 saturated heterocycles. The van der Waals surface area contributed by atoms with Crippen molar-refractivity contribution in [3.63, 3.8) is 0 Å². The number of nitrogens with zero attached hydrogens (tertiary/aromatic N) is 3. The van der Waals surface area contributed by atoms with Crippen LogP contribution in [-0.2, 0) is 23.1 Å². The highest BCUT2D eigenvalue weighted by atomic mass is 35.5. The Labute approximate surface area is 189 Å². The molecule has 2 aromatic carbocycles. The molecule has 0 fully saturated rings. The van der Waals surface area contributed by atoms with Crippen LogP contribution in [0.25, 0.3) is 0 Å². The first-order chi connectivity index (χ1) is 14.8. The summed E-state index contributed by atoms with van der Waals surface area (Å²) in [6.07, 6.45) is 0.634. The summed E-state index contributed by atoms with van der Waals surface area (Å²) in [6.45, 7) is 1.90. The average molecular weight is 460 g/mol. The standard InChI is InChI=1S/C21H22ClN5O3S/c1-13-7-8-14(11-15(13)22)23-19(29)10-9-18-25-26-21(27(18)2)31-12-20(30)24-16-5-3-4-6-17(16)28/h3-8,11,28H,9-10,12H2,1-2H3,(H,23,29)(H,24,30). The van der Waals surface area contributed by atoms with Crippen molar-refractivity contribution in [1.29, 1.82) is 0 Å². The fourth-order valence-corrected chi connectivity index (χ4v) is 3.61. The number of anilines is 2. The SMILES string of the molecule is Cc1ccc(NC(=O)CCc2nnc(SCC(=O)Nc3ccccc3O)n2C)cc1Cl. The van der Waals surface area contributed by atoms with Gasteiger partial charge in [0.25, 0.3) is 0 Å². The van der Waals surface area contributed by atoms with Crippen molar-refractivity contribution < 1.29 is 14.7 Å². The van der Waals surface area contributed by atoms with Gasteiger partial charge in [-0.3, -0.25) is 9.59 Å². The zero-order valence-corrected chi connectivity index (χ0v) is 18.6. The summed E-state index contributed by atoms with van der Waals surface area (Å²) >= 11 is 7.30. The quantitative estimate of drug-likeness (QED) is 0.349. The van der Waals surface area contributed by atoms with E-state index in [0.29, 0.717) is 33.8 Å². The fourth-order valence-electron chi connectivity index (χ4n) is 2.70. The van der Waals surface area contributed by atoms with Crippen LogP contribution in [0.2, 0.25) is 5.02 Å². The molecule has 0 aliphatic carbocycles. The van der Waals surface area contributed by atoms with Gasteiger partial charge in [-0.05, 0) is 36.8 Å². The van der Waals surface area contributed by atoms with Gasteiger partial charge in [-0.25, -0.2) is 0 Å². The maximum Gasteiger partial charge on any atom is 0.234 e. The van der Waals surface area contributed by atoms with Gasteiger partial charge in [-0.2, -0.15) is 0 Å². The van der Waals surface area contributed by atoms with Crippen LogP contribution in [0.5, 0.6) is 5.75 Å². The Kier molecular flexibility index (Phi) is 7.54. The fraction of sp³-hybridized carbons (Fsp3) is 0.238. The smallest absolute Gasteiger partial charge is 0.234 e. The number of halogens is 1. The van der Waals surface area contributed by atoms with Gasteiger partial charge < -0.3 is 20.3 Å². The van der Waals surface area contributed by atoms with Gasteiger partial charge >= 0.3 is 0 Å². The molecule has 8 nitrogen and oxygen atoms in total. The van der Waals surface area contributed by atoms with Gasteiger partial charge in [0, 0.05) is 30.6 Å². The van der Waals surface area contributed by atoms with Gasteiger partial charge in [0.2, 0.25) is 11.8 Å². The highest BCUT2D eigenvalue weighted by Gasteiger charge is 2.14. The van der Waals surface area contributed by atoms with E-state index in [4.69, 9.17) is 11.6 Å². The zero-order valence-electron chi connectivity index (χ0n) is 17.1. The molecule has 31 heavy (non-hydrogen) atoms. The normalized spacial score (nSPS) is 10.7. The number of amides is 2. The van der Waals surface area contributed by atoms with Crippen LogP contribution in [0.15, 0.2) is 47.6 Å². The number of thioether (sulfide) groups is 1. The van der Waals surface area contributed by atoms with E-state index in [9.17, 15) is 14.7 Å². The minimum atomic E-state index is -0.271. The number of nitrogens with one attached hydrogen (secondary N) is 2. The van der Waals surface area contributed by atoms with Crippen LogP contribution < -0.4 is 10.6 Å². The number of phenols is 1. The van der Waals surface area contributed by atoms with Crippen molar-refractivity contribution in [3.8, 4) is 5.75 Å². The summed E-state index contributed by atoms with van der Waals surface area (Å²) in [4.78, 5) is 24.4. The molecule has 1 heterocycles. The first-order valence-electron chi connectivity index (χ1n) is 9.48. The zero-order chi connectivity index (χ0) is 22.4. The van der Waals surface area contributed by atoms with Crippen molar-refractivity contribution in [2.45, 2.75) is 24.9 Å². The molecule has 0 unspecified atom stereocenters. The van der Waals surface area contributed by atoms with E-state index >= 15 is 0 Å². The molecule has 0 spiro atoms. The highest BCUT2D eigenvalue weighted by molar-refractivity contribution is 7.99. The number of rotatable bonds is 8. The lowest BCUT2D eigenvalue weighted by atomic mass is 10.2. The molecule has 0 aliphatic rings. The molecule has 10 heteroatoms. The number of carbonyl (C=O) groups is 2. The second-order valence-electron chi connectivity index (χ2n) is 6.82. The summed E-state index contributed by atoms with van der Waals surface area (Å²) in [5.41, 5.74) is 1.94. The van der Waals surface area contributed by atoms with Gasteiger partial charge in [-0.15, -0.1) is 10.2 Å². The molecule has 0 radical (unpaired) electrons. The molecule has 3 aromatic rings. The van der Waals surface area contributed by atoms with Crippen LogP contribution in [0, 0.1) is 6.92 Å². The second-order valence-corrected chi connectivity index (χ2v) is 8.17. The molecule has 1 aromatic heterocycles.